The van der Waals surface area contributed by atoms with Crippen molar-refractivity contribution in [2.24, 2.45) is 0 Å². The van der Waals surface area contributed by atoms with Gasteiger partial charge in [0.15, 0.2) is 0 Å². The molecule has 0 radical (unpaired) electrons. The molecule has 142 valence electrons. The second-order valence-corrected chi connectivity index (χ2v) is 6.55. The van der Waals surface area contributed by atoms with Gasteiger partial charge in [-0.15, -0.1) is 0 Å². The molecule has 0 saturated heterocycles. The number of rotatable bonds is 6. The first-order valence-electron chi connectivity index (χ1n) is 8.93. The van der Waals surface area contributed by atoms with Crippen molar-refractivity contribution in [2.45, 2.75) is 19.5 Å². The lowest BCUT2D eigenvalue weighted by molar-refractivity contribution is 0.573. The molecule has 0 saturated carbocycles. The van der Waals surface area contributed by atoms with Crippen molar-refractivity contribution in [1.82, 2.24) is 25.3 Å². The van der Waals surface area contributed by atoms with E-state index in [0.29, 0.717) is 17.8 Å². The van der Waals surface area contributed by atoms with Gasteiger partial charge in [-0.1, -0.05) is 18.2 Å². The highest BCUT2D eigenvalue weighted by atomic mass is 19.1. The molecule has 0 fully saturated rings. The maximum absolute atomic E-state index is 14.1. The lowest BCUT2D eigenvalue weighted by Crippen LogP contribution is -2.17. The summed E-state index contributed by atoms with van der Waals surface area (Å²) in [5, 5.41) is 14.6. The Kier molecular flexibility index (Phi) is 4.99. The average Bonchev–Trinajstić information content (AvgIpc) is 3.37. The summed E-state index contributed by atoms with van der Waals surface area (Å²) in [5.74, 6) is -1.23. The van der Waals surface area contributed by atoms with E-state index in [-0.39, 0.29) is 6.04 Å². The van der Waals surface area contributed by atoms with E-state index in [0.717, 1.165) is 22.9 Å². The van der Waals surface area contributed by atoms with Crippen molar-refractivity contribution in [1.29, 1.82) is 0 Å². The molecule has 0 aliphatic carbocycles. The summed E-state index contributed by atoms with van der Waals surface area (Å²) in [6.45, 7) is 2.50. The second-order valence-electron chi connectivity index (χ2n) is 6.55. The number of aromatic nitrogens is 4. The van der Waals surface area contributed by atoms with Crippen LogP contribution >= 0.6 is 0 Å². The summed E-state index contributed by atoms with van der Waals surface area (Å²) in [5.41, 5.74) is 3.65. The minimum atomic E-state index is -0.623. The summed E-state index contributed by atoms with van der Waals surface area (Å²) in [6.07, 6.45) is 5.44. The first-order chi connectivity index (χ1) is 13.6. The normalized spacial score (nSPS) is 12.2. The average molecular weight is 379 g/mol. The van der Waals surface area contributed by atoms with E-state index in [1.165, 1.54) is 12.1 Å². The molecule has 0 bridgehead atoms. The third-order valence-electron chi connectivity index (χ3n) is 4.64. The van der Waals surface area contributed by atoms with E-state index in [1.54, 1.807) is 6.20 Å². The number of hydrogen-bond acceptors (Lipinski definition) is 3. The molecule has 5 nitrogen and oxygen atoms in total. The van der Waals surface area contributed by atoms with Crippen molar-refractivity contribution < 1.29 is 8.78 Å². The highest BCUT2D eigenvalue weighted by Crippen LogP contribution is 2.25. The molecule has 0 unspecified atom stereocenters. The largest absolute Gasteiger partial charge is 0.306 e. The monoisotopic (exact) mass is 379 g/mol. The van der Waals surface area contributed by atoms with E-state index < -0.39 is 11.6 Å². The molecule has 28 heavy (non-hydrogen) atoms. The molecule has 4 rings (SSSR count). The Hall–Kier alpha value is -3.32. The van der Waals surface area contributed by atoms with E-state index in [9.17, 15) is 8.78 Å². The van der Waals surface area contributed by atoms with Gasteiger partial charge in [-0.3, -0.25) is 5.10 Å². The Bertz CT molecular complexity index is 1070. The molecule has 2 aromatic carbocycles. The minimum Gasteiger partial charge on any atom is -0.306 e. The number of hydrogen-bond donors (Lipinski definition) is 2. The topological polar surface area (TPSA) is 58.5 Å². The fourth-order valence-corrected chi connectivity index (χ4v) is 3.03. The molecule has 7 heteroatoms. The molecule has 0 aliphatic heterocycles. The van der Waals surface area contributed by atoms with Crippen molar-refractivity contribution in [3.63, 3.8) is 0 Å². The van der Waals surface area contributed by atoms with Gasteiger partial charge >= 0.3 is 0 Å². The third kappa shape index (κ3) is 3.70. The summed E-state index contributed by atoms with van der Waals surface area (Å²) >= 11 is 0. The van der Waals surface area contributed by atoms with Gasteiger partial charge in [0.2, 0.25) is 0 Å². The number of nitrogens with one attached hydrogen (secondary N) is 2. The smallest absolute Gasteiger partial charge is 0.135 e. The maximum atomic E-state index is 14.1. The zero-order chi connectivity index (χ0) is 19.5. The number of H-pyrrole nitrogens is 1. The lowest BCUT2D eigenvalue weighted by Gasteiger charge is -2.12. The van der Waals surface area contributed by atoms with E-state index in [1.807, 2.05) is 54.3 Å². The van der Waals surface area contributed by atoms with Crippen LogP contribution in [0.2, 0.25) is 0 Å². The van der Waals surface area contributed by atoms with Gasteiger partial charge in [-0.25, -0.2) is 13.5 Å². The van der Waals surface area contributed by atoms with Gasteiger partial charge in [-0.2, -0.15) is 10.2 Å². The highest BCUT2D eigenvalue weighted by Gasteiger charge is 2.15. The number of halogens is 2. The molecule has 0 aliphatic rings. The highest BCUT2D eigenvalue weighted by molar-refractivity contribution is 5.63. The Morgan fingerprint density at radius 2 is 1.93 bits per heavy atom. The first-order valence-corrected chi connectivity index (χ1v) is 8.93. The van der Waals surface area contributed by atoms with Crippen LogP contribution in [0.4, 0.5) is 8.78 Å². The third-order valence-corrected chi connectivity index (χ3v) is 4.64. The molecular formula is C21H19F2N5. The summed E-state index contributed by atoms with van der Waals surface area (Å²) < 4.78 is 29.1. The summed E-state index contributed by atoms with van der Waals surface area (Å²) in [6, 6.07) is 13.4. The van der Waals surface area contributed by atoms with Crippen molar-refractivity contribution >= 4 is 0 Å². The quantitative estimate of drug-likeness (QED) is 0.522. The van der Waals surface area contributed by atoms with E-state index in [2.05, 4.69) is 20.6 Å². The summed E-state index contributed by atoms with van der Waals surface area (Å²) in [4.78, 5) is 0. The van der Waals surface area contributed by atoms with Crippen LogP contribution in [0.1, 0.15) is 24.1 Å². The zero-order valence-corrected chi connectivity index (χ0v) is 15.2. The van der Waals surface area contributed by atoms with Gasteiger partial charge < -0.3 is 5.32 Å². The van der Waals surface area contributed by atoms with Crippen molar-refractivity contribution in [3.8, 4) is 16.9 Å². The Balaban J connectivity index is 1.47. The molecule has 1 atom stereocenters. The SMILES string of the molecule is C[C@@H](NCc1cn[nH]c1-c1ccc(F)cc1F)c1cnn(-c2ccccc2)c1. The minimum absolute atomic E-state index is 0.0262. The first kappa shape index (κ1) is 18.1. The van der Waals surface area contributed by atoms with Gasteiger partial charge in [0.05, 0.1) is 23.8 Å². The lowest BCUT2D eigenvalue weighted by atomic mass is 10.1. The number of nitrogens with zero attached hydrogens (tertiary/aromatic N) is 3. The van der Waals surface area contributed by atoms with Gasteiger partial charge in [0, 0.05) is 41.5 Å². The Labute approximate surface area is 161 Å². The van der Waals surface area contributed by atoms with E-state index >= 15 is 0 Å². The van der Waals surface area contributed by atoms with Crippen LogP contribution in [-0.4, -0.2) is 20.0 Å². The molecule has 2 N–H and O–H groups in total. The van der Waals surface area contributed by atoms with Crippen LogP contribution in [0.5, 0.6) is 0 Å². The van der Waals surface area contributed by atoms with E-state index in [4.69, 9.17) is 0 Å². The van der Waals surface area contributed by atoms with Crippen LogP contribution in [-0.2, 0) is 6.54 Å². The zero-order valence-electron chi connectivity index (χ0n) is 15.2. The second kappa shape index (κ2) is 7.74. The molecule has 2 aromatic heterocycles. The van der Waals surface area contributed by atoms with Crippen LogP contribution in [0.3, 0.4) is 0 Å². The predicted octanol–water partition coefficient (Wildman–Crippen LogP) is 4.39. The van der Waals surface area contributed by atoms with Gasteiger partial charge in [0.25, 0.3) is 0 Å². The molecular weight excluding hydrogens is 360 g/mol. The number of para-hydroxylation sites is 1. The Morgan fingerprint density at radius 1 is 1.11 bits per heavy atom. The molecule has 0 amide bonds. The molecule has 2 heterocycles. The molecule has 0 spiro atoms. The fraction of sp³-hybridized carbons (Fsp3) is 0.143. The fourth-order valence-electron chi connectivity index (χ4n) is 3.03. The van der Waals surface area contributed by atoms with Gasteiger partial charge in [-0.05, 0) is 31.2 Å². The van der Waals surface area contributed by atoms with Crippen LogP contribution in [0.25, 0.3) is 16.9 Å². The van der Waals surface area contributed by atoms with Gasteiger partial charge in [0.1, 0.15) is 11.6 Å². The van der Waals surface area contributed by atoms with Crippen molar-refractivity contribution in [2.75, 3.05) is 0 Å². The van der Waals surface area contributed by atoms with Crippen LogP contribution in [0.15, 0.2) is 67.1 Å². The number of aromatic amines is 1. The summed E-state index contributed by atoms with van der Waals surface area (Å²) in [7, 11) is 0. The molecule has 4 aromatic rings. The number of benzene rings is 2. The maximum Gasteiger partial charge on any atom is 0.135 e. The Morgan fingerprint density at radius 3 is 2.71 bits per heavy atom. The standard InChI is InChI=1S/C21H19F2N5/c1-14(16-12-26-28(13-16)18-5-3-2-4-6-18)24-10-15-11-25-27-21(15)19-8-7-17(22)9-20(19)23/h2-9,11-14,24H,10H2,1H3,(H,25,27)/t14-/m1/s1. The van der Waals surface area contributed by atoms with Crippen LogP contribution in [0, 0.1) is 11.6 Å². The van der Waals surface area contributed by atoms with Crippen molar-refractivity contribution in [3.05, 3.63) is 89.9 Å². The predicted molar refractivity (Wildman–Crippen MR) is 103 cm³/mol. The van der Waals surface area contributed by atoms with Crippen LogP contribution < -0.4 is 5.32 Å².